The zero-order valence-electron chi connectivity index (χ0n) is 13.9. The number of aromatic nitrogens is 1. The zero-order valence-corrected chi connectivity index (χ0v) is 16.2. The Morgan fingerprint density at radius 2 is 1.92 bits per heavy atom. The van der Waals surface area contributed by atoms with Gasteiger partial charge in [-0.15, -0.1) is 0 Å². The van der Waals surface area contributed by atoms with E-state index in [1.165, 1.54) is 19.2 Å². The molecule has 0 aliphatic heterocycles. The van der Waals surface area contributed by atoms with Gasteiger partial charge in [-0.25, -0.2) is 9.78 Å². The van der Waals surface area contributed by atoms with Gasteiger partial charge in [0.05, 0.1) is 10.0 Å². The highest BCUT2D eigenvalue weighted by Gasteiger charge is 2.20. The maximum absolute atomic E-state index is 12.1. The van der Waals surface area contributed by atoms with Crippen LogP contribution in [0.2, 0.25) is 15.1 Å². The van der Waals surface area contributed by atoms with Crippen molar-refractivity contribution < 1.29 is 19.1 Å². The molecular weight excluding hydrogens is 403 g/mol. The minimum absolute atomic E-state index is 0.122. The number of amides is 1. The molecule has 1 N–H and O–H groups in total. The molecule has 1 heterocycles. The highest BCUT2D eigenvalue weighted by molar-refractivity contribution is 6.36. The van der Waals surface area contributed by atoms with E-state index in [4.69, 9.17) is 44.3 Å². The van der Waals surface area contributed by atoms with Gasteiger partial charge in [-0.1, -0.05) is 34.8 Å². The van der Waals surface area contributed by atoms with Gasteiger partial charge >= 0.3 is 5.97 Å². The molecule has 9 heteroatoms. The van der Waals surface area contributed by atoms with Crippen LogP contribution < -0.4 is 10.1 Å². The van der Waals surface area contributed by atoms with Crippen LogP contribution in [0.3, 0.4) is 0 Å². The number of pyridine rings is 1. The van der Waals surface area contributed by atoms with Crippen LogP contribution in [0.5, 0.6) is 5.75 Å². The number of hydrogen-bond donors (Lipinski definition) is 1. The van der Waals surface area contributed by atoms with E-state index in [2.05, 4.69) is 10.3 Å². The Bertz CT molecular complexity index is 830. The summed E-state index contributed by atoms with van der Waals surface area (Å²) in [4.78, 5) is 27.8. The van der Waals surface area contributed by atoms with Crippen LogP contribution in [-0.4, -0.2) is 29.6 Å². The summed E-state index contributed by atoms with van der Waals surface area (Å²) in [5, 5.41) is 3.56. The highest BCUT2D eigenvalue weighted by Crippen LogP contribution is 2.23. The third kappa shape index (κ3) is 5.76. The summed E-state index contributed by atoms with van der Waals surface area (Å²) >= 11 is 17.6. The maximum atomic E-state index is 12.1. The third-order valence-corrected chi connectivity index (χ3v) is 4.13. The van der Waals surface area contributed by atoms with E-state index in [9.17, 15) is 9.59 Å². The molecule has 0 aliphatic carbocycles. The number of anilines is 1. The average Bonchev–Trinajstić information content (AvgIpc) is 2.58. The second kappa shape index (κ2) is 9.07. The number of carbonyl (C=O) groups excluding carboxylic acids is 2. The van der Waals surface area contributed by atoms with Crippen LogP contribution in [0.4, 0.5) is 5.82 Å². The van der Waals surface area contributed by atoms with Gasteiger partial charge in [0.15, 0.2) is 18.5 Å². The van der Waals surface area contributed by atoms with E-state index in [0.717, 1.165) is 5.56 Å². The normalized spacial score (nSPS) is 11.6. The number of benzene rings is 1. The smallest absolute Gasteiger partial charge is 0.344 e. The topological polar surface area (TPSA) is 77.5 Å². The first-order chi connectivity index (χ1) is 12.3. The highest BCUT2D eigenvalue weighted by atomic mass is 35.5. The van der Waals surface area contributed by atoms with Gasteiger partial charge in [0.25, 0.3) is 5.91 Å². The minimum atomic E-state index is -1.06. The lowest BCUT2D eigenvalue weighted by atomic mass is 10.2. The van der Waals surface area contributed by atoms with Crippen LogP contribution in [0.15, 0.2) is 30.5 Å². The molecule has 26 heavy (non-hydrogen) atoms. The monoisotopic (exact) mass is 416 g/mol. The fourth-order valence-electron chi connectivity index (χ4n) is 1.86. The van der Waals surface area contributed by atoms with Gasteiger partial charge in [-0.3, -0.25) is 4.79 Å². The maximum Gasteiger partial charge on any atom is 0.344 e. The summed E-state index contributed by atoms with van der Waals surface area (Å²) in [7, 11) is 0. The molecule has 1 atom stereocenters. The number of carbonyl (C=O) groups is 2. The Kier molecular flexibility index (Phi) is 7.08. The van der Waals surface area contributed by atoms with Crippen molar-refractivity contribution in [2.24, 2.45) is 0 Å². The Balaban J connectivity index is 1.85. The van der Waals surface area contributed by atoms with Crippen LogP contribution >= 0.6 is 34.8 Å². The molecule has 6 nitrogen and oxygen atoms in total. The molecule has 0 radical (unpaired) electrons. The first-order valence-electron chi connectivity index (χ1n) is 7.46. The Hall–Kier alpha value is -2.02. The lowest BCUT2D eigenvalue weighted by Crippen LogP contribution is -2.32. The van der Waals surface area contributed by atoms with Crippen molar-refractivity contribution in [2.45, 2.75) is 20.0 Å². The summed E-state index contributed by atoms with van der Waals surface area (Å²) in [5.41, 5.74) is 0.817. The predicted molar refractivity (Wildman–Crippen MR) is 100 cm³/mol. The van der Waals surface area contributed by atoms with E-state index >= 15 is 0 Å². The van der Waals surface area contributed by atoms with Gasteiger partial charge in [-0.2, -0.15) is 0 Å². The quantitative estimate of drug-likeness (QED) is 0.709. The number of rotatable bonds is 6. The molecule has 2 aromatic rings. The van der Waals surface area contributed by atoms with Crippen LogP contribution in [-0.2, 0) is 14.3 Å². The lowest BCUT2D eigenvalue weighted by Gasteiger charge is -2.14. The standard InChI is InChI=1S/C17H15Cl3N2O4/c1-9-5-12(3-4-13(9)19)25-8-15(23)26-10(2)17(24)22-16-14(20)6-11(18)7-21-16/h3-7,10H,8H2,1-2H3,(H,21,22,24). The van der Waals surface area contributed by atoms with Crippen LogP contribution in [0.25, 0.3) is 0 Å². The average molecular weight is 418 g/mol. The molecule has 1 aromatic carbocycles. The first kappa shape index (κ1) is 20.3. The predicted octanol–water partition coefficient (Wildman–Crippen LogP) is 4.30. The molecule has 1 unspecified atom stereocenters. The fourth-order valence-corrected chi connectivity index (χ4v) is 2.40. The van der Waals surface area contributed by atoms with E-state index in [1.807, 2.05) is 6.92 Å². The number of esters is 1. The molecule has 0 spiro atoms. The summed E-state index contributed by atoms with van der Waals surface area (Å²) in [6, 6.07) is 6.42. The van der Waals surface area contributed by atoms with Crippen LogP contribution in [0.1, 0.15) is 12.5 Å². The fraction of sp³-hybridized carbons (Fsp3) is 0.235. The lowest BCUT2D eigenvalue weighted by molar-refractivity contribution is -0.155. The van der Waals surface area contributed by atoms with Crippen molar-refractivity contribution in [1.82, 2.24) is 4.98 Å². The molecule has 138 valence electrons. The Labute approximate surface area is 165 Å². The van der Waals surface area contributed by atoms with E-state index < -0.39 is 18.0 Å². The van der Waals surface area contributed by atoms with Crippen molar-refractivity contribution in [3.8, 4) is 5.75 Å². The van der Waals surface area contributed by atoms with Gasteiger partial charge in [-0.05, 0) is 43.7 Å². The molecule has 1 aromatic heterocycles. The number of aryl methyl sites for hydroxylation is 1. The van der Waals surface area contributed by atoms with E-state index in [0.29, 0.717) is 15.8 Å². The second-order valence-electron chi connectivity index (χ2n) is 5.30. The number of ether oxygens (including phenoxy) is 2. The Morgan fingerprint density at radius 3 is 2.58 bits per heavy atom. The second-order valence-corrected chi connectivity index (χ2v) is 6.56. The van der Waals surface area contributed by atoms with Gasteiger partial charge in [0.2, 0.25) is 0 Å². The van der Waals surface area contributed by atoms with Crippen LogP contribution in [0, 0.1) is 6.92 Å². The van der Waals surface area contributed by atoms with E-state index in [1.54, 1.807) is 18.2 Å². The molecule has 0 aliphatic rings. The van der Waals surface area contributed by atoms with Crippen molar-refractivity contribution in [2.75, 3.05) is 11.9 Å². The Morgan fingerprint density at radius 1 is 1.19 bits per heavy atom. The number of nitrogens with one attached hydrogen (secondary N) is 1. The van der Waals surface area contributed by atoms with Crippen molar-refractivity contribution in [1.29, 1.82) is 0 Å². The number of halogens is 3. The van der Waals surface area contributed by atoms with Gasteiger partial charge in [0, 0.05) is 11.2 Å². The molecule has 2 rings (SSSR count). The molecular formula is C17H15Cl3N2O4. The summed E-state index contributed by atoms with van der Waals surface area (Å²) in [6.45, 7) is 2.89. The van der Waals surface area contributed by atoms with E-state index in [-0.39, 0.29) is 17.4 Å². The molecule has 0 bridgehead atoms. The molecule has 1 amide bonds. The molecule has 0 fully saturated rings. The molecule has 0 saturated carbocycles. The largest absolute Gasteiger partial charge is 0.482 e. The SMILES string of the molecule is Cc1cc(OCC(=O)OC(C)C(=O)Nc2ncc(Cl)cc2Cl)ccc1Cl. The van der Waals surface area contributed by atoms with Crippen molar-refractivity contribution >= 4 is 52.5 Å². The summed E-state index contributed by atoms with van der Waals surface area (Å²) in [5.74, 6) is -0.692. The summed E-state index contributed by atoms with van der Waals surface area (Å²) in [6.07, 6.45) is 0.272. The minimum Gasteiger partial charge on any atom is -0.482 e. The molecule has 0 saturated heterocycles. The van der Waals surface area contributed by atoms with Crippen molar-refractivity contribution in [3.63, 3.8) is 0 Å². The van der Waals surface area contributed by atoms with Gasteiger partial charge < -0.3 is 14.8 Å². The number of nitrogens with zero attached hydrogens (tertiary/aromatic N) is 1. The number of hydrogen-bond acceptors (Lipinski definition) is 5. The summed E-state index contributed by atoms with van der Waals surface area (Å²) < 4.78 is 10.3. The van der Waals surface area contributed by atoms with Gasteiger partial charge in [0.1, 0.15) is 5.75 Å². The third-order valence-electron chi connectivity index (χ3n) is 3.21. The zero-order chi connectivity index (χ0) is 19.3. The first-order valence-corrected chi connectivity index (χ1v) is 8.60. The van der Waals surface area contributed by atoms with Crippen molar-refractivity contribution in [3.05, 3.63) is 51.1 Å².